The van der Waals surface area contributed by atoms with Crippen molar-refractivity contribution in [3.8, 4) is 23.1 Å². The Morgan fingerprint density at radius 2 is 2.13 bits per heavy atom. The second kappa shape index (κ2) is 8.56. The van der Waals surface area contributed by atoms with Gasteiger partial charge >= 0.3 is 6.03 Å². The lowest BCUT2D eigenvalue weighted by Gasteiger charge is -2.14. The molecule has 9 heteroatoms. The molecule has 30 heavy (non-hydrogen) atoms. The maximum atomic E-state index is 14.6. The first-order chi connectivity index (χ1) is 14.5. The van der Waals surface area contributed by atoms with Gasteiger partial charge < -0.3 is 24.5 Å². The third kappa shape index (κ3) is 4.79. The van der Waals surface area contributed by atoms with Gasteiger partial charge in [0.15, 0.2) is 17.1 Å². The number of hydrogen-bond acceptors (Lipinski definition) is 6. The zero-order valence-electron chi connectivity index (χ0n) is 16.8. The van der Waals surface area contributed by atoms with E-state index in [1.54, 1.807) is 19.1 Å². The zero-order valence-corrected chi connectivity index (χ0v) is 16.8. The monoisotopic (exact) mass is 414 g/mol. The lowest BCUT2D eigenvalue weighted by molar-refractivity contribution is 0.228. The van der Waals surface area contributed by atoms with E-state index in [1.807, 2.05) is 6.07 Å². The lowest BCUT2D eigenvalue weighted by atomic mass is 10.3. The average Bonchev–Trinajstić information content (AvgIpc) is 3.47. The Kier molecular flexibility index (Phi) is 5.69. The van der Waals surface area contributed by atoms with Gasteiger partial charge in [0, 0.05) is 19.2 Å². The number of oxazole rings is 1. The highest BCUT2D eigenvalue weighted by molar-refractivity contribution is 5.77. The number of hydrogen-bond donors (Lipinski definition) is 2. The number of rotatable bonds is 8. The van der Waals surface area contributed by atoms with Gasteiger partial charge in [0.2, 0.25) is 5.89 Å². The molecule has 1 saturated carbocycles. The number of nitrogens with zero attached hydrogens (tertiary/aromatic N) is 2. The summed E-state index contributed by atoms with van der Waals surface area (Å²) in [5.74, 6) is 1.06. The third-order valence-electron chi connectivity index (χ3n) is 4.67. The van der Waals surface area contributed by atoms with Gasteiger partial charge in [-0.15, -0.1) is 0 Å². The van der Waals surface area contributed by atoms with Gasteiger partial charge in [-0.25, -0.2) is 19.2 Å². The predicted molar refractivity (Wildman–Crippen MR) is 108 cm³/mol. The van der Waals surface area contributed by atoms with Crippen molar-refractivity contribution in [2.45, 2.75) is 25.8 Å². The minimum absolute atomic E-state index is 0.00414. The number of fused-ring (bicyclic) bond motifs is 1. The summed E-state index contributed by atoms with van der Waals surface area (Å²) in [6, 6.07) is 5.99. The van der Waals surface area contributed by atoms with Crippen LogP contribution in [-0.2, 0) is 0 Å². The minimum Gasteiger partial charge on any atom is -0.493 e. The fourth-order valence-corrected chi connectivity index (χ4v) is 2.81. The topological polar surface area (TPSA) is 98.5 Å². The molecule has 0 radical (unpaired) electrons. The number of amides is 2. The molecule has 0 unspecified atom stereocenters. The highest BCUT2D eigenvalue weighted by Gasteiger charge is 2.22. The summed E-state index contributed by atoms with van der Waals surface area (Å²) in [7, 11) is 1.52. The first-order valence-corrected chi connectivity index (χ1v) is 9.82. The van der Waals surface area contributed by atoms with Gasteiger partial charge in [0.05, 0.1) is 18.8 Å². The van der Waals surface area contributed by atoms with E-state index in [0.717, 1.165) is 0 Å². The van der Waals surface area contributed by atoms with Gasteiger partial charge in [-0.05, 0) is 37.8 Å². The van der Waals surface area contributed by atoms with Crippen LogP contribution in [0, 0.1) is 11.7 Å². The number of halogens is 1. The molecule has 1 aliphatic carbocycles. The van der Waals surface area contributed by atoms with Crippen LogP contribution in [0.3, 0.4) is 0 Å². The molecule has 0 bridgehead atoms. The van der Waals surface area contributed by atoms with E-state index in [2.05, 4.69) is 20.6 Å². The molecule has 4 rings (SSSR count). The smallest absolute Gasteiger partial charge is 0.314 e. The van der Waals surface area contributed by atoms with Gasteiger partial charge in [0.25, 0.3) is 0 Å². The SMILES string of the molecule is CNC(=O)N[C@@H](C)COc1cnc(-c2nc3ccc(OCC4CC4)cc3o2)c(F)c1. The summed E-state index contributed by atoms with van der Waals surface area (Å²) in [6.45, 7) is 2.64. The Hall–Kier alpha value is -3.36. The van der Waals surface area contributed by atoms with Gasteiger partial charge in [-0.3, -0.25) is 0 Å². The molecule has 1 aromatic carbocycles. The van der Waals surface area contributed by atoms with E-state index in [4.69, 9.17) is 13.9 Å². The van der Waals surface area contributed by atoms with Crippen LogP contribution in [0.15, 0.2) is 34.9 Å². The number of urea groups is 1. The van der Waals surface area contributed by atoms with Gasteiger partial charge in [0.1, 0.15) is 23.6 Å². The van der Waals surface area contributed by atoms with Crippen LogP contribution in [0.25, 0.3) is 22.7 Å². The summed E-state index contributed by atoms with van der Waals surface area (Å²) < 4.78 is 31.5. The number of ether oxygens (including phenoxy) is 2. The van der Waals surface area contributed by atoms with Crippen molar-refractivity contribution >= 4 is 17.1 Å². The molecule has 0 spiro atoms. The van der Waals surface area contributed by atoms with E-state index in [1.165, 1.54) is 32.2 Å². The van der Waals surface area contributed by atoms with E-state index in [0.29, 0.717) is 29.4 Å². The number of nitrogens with one attached hydrogen (secondary N) is 2. The van der Waals surface area contributed by atoms with Crippen LogP contribution in [0.5, 0.6) is 11.5 Å². The van der Waals surface area contributed by atoms with Crippen LogP contribution in [-0.4, -0.2) is 42.3 Å². The molecule has 1 aliphatic rings. The Labute approximate surface area is 172 Å². The van der Waals surface area contributed by atoms with Crippen molar-refractivity contribution in [3.63, 3.8) is 0 Å². The summed E-state index contributed by atoms with van der Waals surface area (Å²) >= 11 is 0. The van der Waals surface area contributed by atoms with E-state index < -0.39 is 5.82 Å². The zero-order chi connectivity index (χ0) is 21.1. The van der Waals surface area contributed by atoms with Crippen molar-refractivity contribution in [2.24, 2.45) is 5.92 Å². The molecule has 158 valence electrons. The molecule has 1 fully saturated rings. The molecule has 2 amide bonds. The molecule has 8 nitrogen and oxygen atoms in total. The van der Waals surface area contributed by atoms with E-state index in [9.17, 15) is 9.18 Å². The average molecular weight is 414 g/mol. The number of carbonyl (C=O) groups excluding carboxylic acids is 1. The molecule has 3 aromatic rings. The Balaban J connectivity index is 1.44. The van der Waals surface area contributed by atoms with Crippen molar-refractivity contribution in [1.82, 2.24) is 20.6 Å². The second-order valence-corrected chi connectivity index (χ2v) is 7.34. The third-order valence-corrected chi connectivity index (χ3v) is 4.67. The van der Waals surface area contributed by atoms with Gasteiger partial charge in [-0.1, -0.05) is 0 Å². The number of aromatic nitrogens is 2. The summed E-state index contributed by atoms with van der Waals surface area (Å²) in [5.41, 5.74) is 1.10. The standard InChI is InChI=1S/C21H23FN4O4/c1-12(25-21(27)23-2)10-28-15-7-16(22)19(24-9-15)20-26-17-6-5-14(8-18(17)30-20)29-11-13-3-4-13/h5-9,12-13H,3-4,10-11H2,1-2H3,(H2,23,25,27)/t12-/m0/s1. The molecule has 2 aromatic heterocycles. The van der Waals surface area contributed by atoms with Gasteiger partial charge in [-0.2, -0.15) is 0 Å². The maximum absolute atomic E-state index is 14.6. The maximum Gasteiger partial charge on any atom is 0.314 e. The predicted octanol–water partition coefficient (Wildman–Crippen LogP) is 3.51. The van der Waals surface area contributed by atoms with Crippen molar-refractivity contribution < 1.29 is 23.1 Å². The van der Waals surface area contributed by atoms with Crippen molar-refractivity contribution in [1.29, 1.82) is 0 Å². The molecular formula is C21H23FN4O4. The summed E-state index contributed by atoms with van der Waals surface area (Å²) in [6.07, 6.45) is 3.82. The van der Waals surface area contributed by atoms with Crippen LogP contribution in [0.1, 0.15) is 19.8 Å². The molecule has 2 N–H and O–H groups in total. The Morgan fingerprint density at radius 1 is 1.30 bits per heavy atom. The fourth-order valence-electron chi connectivity index (χ4n) is 2.81. The van der Waals surface area contributed by atoms with Crippen LogP contribution in [0.2, 0.25) is 0 Å². The van der Waals surface area contributed by atoms with Crippen LogP contribution in [0.4, 0.5) is 9.18 Å². The normalized spacial score (nSPS) is 14.4. The Morgan fingerprint density at radius 3 is 2.87 bits per heavy atom. The molecular weight excluding hydrogens is 391 g/mol. The van der Waals surface area contributed by atoms with E-state index >= 15 is 0 Å². The molecule has 0 saturated heterocycles. The van der Waals surface area contributed by atoms with Crippen LogP contribution < -0.4 is 20.1 Å². The molecule has 1 atom stereocenters. The molecule has 2 heterocycles. The number of carbonyl (C=O) groups is 1. The quantitative estimate of drug-likeness (QED) is 0.585. The lowest BCUT2D eigenvalue weighted by Crippen LogP contribution is -2.41. The number of pyridine rings is 1. The summed E-state index contributed by atoms with van der Waals surface area (Å²) in [4.78, 5) is 19.7. The second-order valence-electron chi connectivity index (χ2n) is 7.34. The molecule has 0 aliphatic heterocycles. The highest BCUT2D eigenvalue weighted by atomic mass is 19.1. The largest absolute Gasteiger partial charge is 0.493 e. The summed E-state index contributed by atoms with van der Waals surface area (Å²) in [5, 5.41) is 5.12. The highest BCUT2D eigenvalue weighted by Crippen LogP contribution is 2.31. The van der Waals surface area contributed by atoms with Crippen molar-refractivity contribution in [2.75, 3.05) is 20.3 Å². The van der Waals surface area contributed by atoms with E-state index in [-0.39, 0.29) is 36.0 Å². The first-order valence-electron chi connectivity index (χ1n) is 9.82. The number of benzene rings is 1. The van der Waals surface area contributed by atoms with Crippen molar-refractivity contribution in [3.05, 3.63) is 36.3 Å². The Bertz CT molecular complexity index is 1050. The first kappa shape index (κ1) is 19.9. The fraction of sp³-hybridized carbons (Fsp3) is 0.381. The van der Waals surface area contributed by atoms with Crippen LogP contribution >= 0.6 is 0 Å². The minimum atomic E-state index is -0.615.